The van der Waals surface area contributed by atoms with Gasteiger partial charge < -0.3 is 0 Å². The number of aromatic nitrogens is 1. The van der Waals surface area contributed by atoms with E-state index in [9.17, 15) is 8.42 Å². The van der Waals surface area contributed by atoms with Crippen molar-refractivity contribution in [2.24, 2.45) is 0 Å². The van der Waals surface area contributed by atoms with Gasteiger partial charge in [-0.25, -0.2) is 13.4 Å². The summed E-state index contributed by atoms with van der Waals surface area (Å²) >= 11 is 7.16. The first-order chi connectivity index (χ1) is 11.0. The van der Waals surface area contributed by atoms with E-state index in [1.165, 1.54) is 23.5 Å². The maximum atomic E-state index is 12.4. The molecule has 0 bridgehead atoms. The summed E-state index contributed by atoms with van der Waals surface area (Å²) in [5.41, 5.74) is 1.73. The van der Waals surface area contributed by atoms with Crippen molar-refractivity contribution in [1.82, 2.24) is 4.98 Å². The zero-order valence-corrected chi connectivity index (χ0v) is 14.5. The zero-order chi connectivity index (χ0) is 16.4. The average Bonchev–Trinajstić information content (AvgIpc) is 2.88. The number of hydrogen-bond donors (Lipinski definition) is 1. The number of sulfonamides is 1. The molecule has 0 spiro atoms. The van der Waals surface area contributed by atoms with Crippen LogP contribution in [0, 0.1) is 6.92 Å². The summed E-state index contributed by atoms with van der Waals surface area (Å²) in [7, 11) is -3.71. The number of aryl methyl sites for hydroxylation is 1. The molecule has 0 unspecified atom stereocenters. The first kappa shape index (κ1) is 16.0. The molecule has 0 saturated carbocycles. The summed E-state index contributed by atoms with van der Waals surface area (Å²) in [6.45, 7) is 1.91. The zero-order valence-electron chi connectivity index (χ0n) is 12.2. The molecule has 0 aliphatic carbocycles. The maximum Gasteiger partial charge on any atom is 0.263 e. The van der Waals surface area contributed by atoms with Crippen molar-refractivity contribution in [3.05, 3.63) is 64.5 Å². The summed E-state index contributed by atoms with van der Waals surface area (Å²) < 4.78 is 27.3. The van der Waals surface area contributed by atoms with Crippen LogP contribution >= 0.6 is 22.9 Å². The van der Waals surface area contributed by atoms with Crippen molar-refractivity contribution in [2.45, 2.75) is 11.8 Å². The quantitative estimate of drug-likeness (QED) is 0.737. The van der Waals surface area contributed by atoms with Gasteiger partial charge in [-0.2, -0.15) is 0 Å². The Kier molecular flexibility index (Phi) is 4.39. The second kappa shape index (κ2) is 6.31. The lowest BCUT2D eigenvalue weighted by atomic mass is 10.1. The summed E-state index contributed by atoms with van der Waals surface area (Å²) in [5.74, 6) is 0. The van der Waals surface area contributed by atoms with Crippen molar-refractivity contribution >= 4 is 38.1 Å². The van der Waals surface area contributed by atoms with Crippen molar-refractivity contribution in [1.29, 1.82) is 0 Å². The second-order valence-corrected chi connectivity index (χ2v) is 8.17. The summed E-state index contributed by atoms with van der Waals surface area (Å²) in [4.78, 5) is 5.46. The molecule has 3 aromatic rings. The maximum absolute atomic E-state index is 12.4. The average molecular weight is 365 g/mol. The predicted molar refractivity (Wildman–Crippen MR) is 94.5 cm³/mol. The van der Waals surface area contributed by atoms with E-state index in [1.54, 1.807) is 12.1 Å². The van der Waals surface area contributed by atoms with E-state index in [0.29, 0.717) is 10.2 Å². The van der Waals surface area contributed by atoms with E-state index < -0.39 is 10.0 Å². The lowest BCUT2D eigenvalue weighted by molar-refractivity contribution is 0.601. The van der Waals surface area contributed by atoms with E-state index in [-0.39, 0.29) is 4.90 Å². The van der Waals surface area contributed by atoms with Gasteiger partial charge in [-0.05, 0) is 25.1 Å². The Labute approximate surface area is 143 Å². The molecule has 23 heavy (non-hydrogen) atoms. The summed E-state index contributed by atoms with van der Waals surface area (Å²) in [6, 6.07) is 15.8. The SMILES string of the molecule is Cc1sc(NS(=O)(=O)c2cccc(Cl)c2)nc1-c1ccccc1. The Bertz CT molecular complexity index is 938. The third kappa shape index (κ3) is 3.55. The van der Waals surface area contributed by atoms with Gasteiger partial charge in [-0.1, -0.05) is 48.0 Å². The number of rotatable bonds is 4. The Morgan fingerprint density at radius 2 is 1.83 bits per heavy atom. The topological polar surface area (TPSA) is 59.1 Å². The minimum absolute atomic E-state index is 0.110. The highest BCUT2D eigenvalue weighted by molar-refractivity contribution is 7.93. The predicted octanol–water partition coefficient (Wildman–Crippen LogP) is 4.57. The van der Waals surface area contributed by atoms with Gasteiger partial charge in [-0.15, -0.1) is 11.3 Å². The van der Waals surface area contributed by atoms with E-state index in [1.807, 2.05) is 37.3 Å². The van der Waals surface area contributed by atoms with Gasteiger partial charge in [0.15, 0.2) is 5.13 Å². The van der Waals surface area contributed by atoms with Gasteiger partial charge in [-0.3, -0.25) is 4.72 Å². The number of halogens is 1. The molecule has 2 aromatic carbocycles. The third-order valence-corrected chi connectivity index (χ3v) is 5.76. The van der Waals surface area contributed by atoms with Crippen LogP contribution in [0.15, 0.2) is 59.5 Å². The van der Waals surface area contributed by atoms with Crippen molar-refractivity contribution < 1.29 is 8.42 Å². The number of nitrogens with zero attached hydrogens (tertiary/aromatic N) is 1. The number of hydrogen-bond acceptors (Lipinski definition) is 4. The van der Waals surface area contributed by atoms with Crippen molar-refractivity contribution in [3.63, 3.8) is 0 Å². The molecule has 0 atom stereocenters. The summed E-state index contributed by atoms with van der Waals surface area (Å²) in [6.07, 6.45) is 0. The largest absolute Gasteiger partial charge is 0.263 e. The number of anilines is 1. The highest BCUT2D eigenvalue weighted by Crippen LogP contribution is 2.31. The minimum Gasteiger partial charge on any atom is -0.255 e. The van der Waals surface area contributed by atoms with E-state index in [4.69, 9.17) is 11.6 Å². The van der Waals surface area contributed by atoms with Crippen LogP contribution in [0.2, 0.25) is 5.02 Å². The number of thiazole rings is 1. The Hall–Kier alpha value is -1.89. The molecule has 0 fully saturated rings. The third-order valence-electron chi connectivity index (χ3n) is 3.17. The Morgan fingerprint density at radius 3 is 2.52 bits per heavy atom. The molecule has 0 radical (unpaired) electrons. The Morgan fingerprint density at radius 1 is 1.09 bits per heavy atom. The lowest BCUT2D eigenvalue weighted by Crippen LogP contribution is -2.12. The highest BCUT2D eigenvalue weighted by atomic mass is 35.5. The van der Waals surface area contributed by atoms with Gasteiger partial charge in [0.2, 0.25) is 0 Å². The molecule has 1 aromatic heterocycles. The summed E-state index contributed by atoms with van der Waals surface area (Å²) in [5, 5.41) is 0.703. The van der Waals surface area contributed by atoms with Crippen LogP contribution in [0.1, 0.15) is 4.88 Å². The monoisotopic (exact) mass is 364 g/mol. The fraction of sp³-hybridized carbons (Fsp3) is 0.0625. The van der Waals surface area contributed by atoms with Crippen molar-refractivity contribution in [3.8, 4) is 11.3 Å². The van der Waals surface area contributed by atoms with Crippen LogP contribution in [-0.2, 0) is 10.0 Å². The second-order valence-electron chi connectivity index (χ2n) is 4.85. The van der Waals surface area contributed by atoms with Gasteiger partial charge in [0, 0.05) is 15.5 Å². The molecule has 7 heteroatoms. The first-order valence-electron chi connectivity index (χ1n) is 6.77. The lowest BCUT2D eigenvalue weighted by Gasteiger charge is -2.05. The van der Waals surface area contributed by atoms with Gasteiger partial charge >= 0.3 is 0 Å². The van der Waals surface area contributed by atoms with Crippen LogP contribution < -0.4 is 4.72 Å². The van der Waals surface area contributed by atoms with Crippen LogP contribution in [-0.4, -0.2) is 13.4 Å². The van der Waals surface area contributed by atoms with Gasteiger partial charge in [0.25, 0.3) is 10.0 Å². The van der Waals surface area contributed by atoms with Crippen LogP contribution in [0.4, 0.5) is 5.13 Å². The molecule has 0 amide bonds. The molecule has 0 saturated heterocycles. The standard InChI is InChI=1S/C16H13ClN2O2S2/c1-11-15(12-6-3-2-4-7-12)18-16(22-11)19-23(20,21)14-9-5-8-13(17)10-14/h2-10H,1H3,(H,18,19). The first-order valence-corrected chi connectivity index (χ1v) is 9.45. The van der Waals surface area contributed by atoms with Crippen LogP contribution in [0.5, 0.6) is 0 Å². The van der Waals surface area contributed by atoms with Gasteiger partial charge in [0.05, 0.1) is 10.6 Å². The number of benzene rings is 2. The fourth-order valence-corrected chi connectivity index (χ4v) is 4.48. The molecular formula is C16H13ClN2O2S2. The van der Waals surface area contributed by atoms with E-state index in [0.717, 1.165) is 16.1 Å². The van der Waals surface area contributed by atoms with Gasteiger partial charge in [0.1, 0.15) is 0 Å². The fourth-order valence-electron chi connectivity index (χ4n) is 2.11. The molecular weight excluding hydrogens is 352 g/mol. The van der Waals surface area contributed by atoms with Crippen LogP contribution in [0.25, 0.3) is 11.3 Å². The molecule has 1 N–H and O–H groups in total. The molecule has 4 nitrogen and oxygen atoms in total. The Balaban J connectivity index is 1.92. The van der Waals surface area contributed by atoms with Crippen molar-refractivity contribution in [2.75, 3.05) is 4.72 Å². The highest BCUT2D eigenvalue weighted by Gasteiger charge is 2.18. The van der Waals surface area contributed by atoms with E-state index in [2.05, 4.69) is 9.71 Å². The molecule has 0 aliphatic heterocycles. The number of nitrogens with one attached hydrogen (secondary N) is 1. The normalized spacial score (nSPS) is 11.4. The smallest absolute Gasteiger partial charge is 0.255 e. The molecule has 118 valence electrons. The van der Waals surface area contributed by atoms with E-state index >= 15 is 0 Å². The molecule has 3 rings (SSSR count). The minimum atomic E-state index is -3.71. The molecule has 1 heterocycles. The molecule has 0 aliphatic rings. The van der Waals surface area contributed by atoms with Crippen LogP contribution in [0.3, 0.4) is 0 Å².